The number of thioether (sulfide) groups is 1. The molecular formula is C34H36N6O4S. The Bertz CT molecular complexity index is 1810. The van der Waals surface area contributed by atoms with Crippen LogP contribution in [0.1, 0.15) is 32.0 Å². The number of aryl methyl sites for hydroxylation is 1. The minimum absolute atomic E-state index is 0.0436. The van der Waals surface area contributed by atoms with Crippen molar-refractivity contribution in [3.8, 4) is 11.4 Å². The van der Waals surface area contributed by atoms with Gasteiger partial charge in [0.2, 0.25) is 0 Å². The normalized spacial score (nSPS) is 11.3. The topological polar surface area (TPSA) is 119 Å². The zero-order valence-electron chi connectivity index (χ0n) is 25.9. The molecule has 0 aliphatic rings. The Morgan fingerprint density at radius 2 is 1.67 bits per heavy atom. The number of nitrogens with one attached hydrogen (secondary N) is 3. The van der Waals surface area contributed by atoms with E-state index in [2.05, 4.69) is 41.7 Å². The second kappa shape index (κ2) is 13.8. The lowest BCUT2D eigenvalue weighted by atomic mass is 9.92. The second-order valence-electron chi connectivity index (χ2n) is 11.4. The maximum atomic E-state index is 13.3. The van der Waals surface area contributed by atoms with E-state index in [9.17, 15) is 9.59 Å². The molecule has 3 amide bonds. The molecule has 2 heterocycles. The summed E-state index contributed by atoms with van der Waals surface area (Å²) in [6.07, 6.45) is 1.63. The number of carbonyl (C=O) groups is 2. The highest BCUT2D eigenvalue weighted by molar-refractivity contribution is 7.99. The van der Waals surface area contributed by atoms with E-state index < -0.39 is 0 Å². The zero-order valence-corrected chi connectivity index (χ0v) is 26.7. The number of nitrogens with zero attached hydrogens (tertiary/aromatic N) is 3. The smallest absolute Gasteiger partial charge is 0.324 e. The number of amides is 3. The van der Waals surface area contributed by atoms with Crippen LogP contribution in [-0.2, 0) is 14.9 Å². The first kappa shape index (κ1) is 31.6. The summed E-state index contributed by atoms with van der Waals surface area (Å²) < 4.78 is 12.7. The highest BCUT2D eigenvalue weighted by Gasteiger charge is 2.22. The van der Waals surface area contributed by atoms with Gasteiger partial charge >= 0.3 is 6.03 Å². The molecule has 5 aromatic rings. The number of pyridine rings is 1. The monoisotopic (exact) mass is 624 g/mol. The van der Waals surface area contributed by atoms with E-state index >= 15 is 0 Å². The molecule has 0 saturated heterocycles. The molecule has 10 nitrogen and oxygen atoms in total. The van der Waals surface area contributed by atoms with Crippen LogP contribution < -0.4 is 20.7 Å². The summed E-state index contributed by atoms with van der Waals surface area (Å²) >= 11 is 1.47. The SMILES string of the molecule is COCC(=O)Nc1cc(SCOc2ccc(NC(=O)Nc3cc(C(C)(C)C)nn3-c3ccc(C)cc3)c3ccccc23)ccn1. The van der Waals surface area contributed by atoms with Gasteiger partial charge in [-0.15, -0.1) is 0 Å². The maximum absolute atomic E-state index is 13.3. The van der Waals surface area contributed by atoms with Crippen molar-refractivity contribution in [3.63, 3.8) is 0 Å². The van der Waals surface area contributed by atoms with Crippen LogP contribution in [0, 0.1) is 6.92 Å². The number of ether oxygens (including phenoxy) is 2. The number of methoxy groups -OCH3 is 1. The van der Waals surface area contributed by atoms with Gasteiger partial charge < -0.3 is 20.1 Å². The molecule has 2 aromatic heterocycles. The number of benzene rings is 3. The van der Waals surface area contributed by atoms with Crippen molar-refractivity contribution >= 4 is 51.8 Å². The van der Waals surface area contributed by atoms with Crippen LogP contribution in [0.25, 0.3) is 16.5 Å². The summed E-state index contributed by atoms with van der Waals surface area (Å²) in [5, 5.41) is 15.2. The van der Waals surface area contributed by atoms with E-state index in [1.165, 1.54) is 18.9 Å². The first-order valence-corrected chi connectivity index (χ1v) is 15.4. The van der Waals surface area contributed by atoms with E-state index in [1.54, 1.807) is 16.9 Å². The number of urea groups is 1. The molecule has 0 atom stereocenters. The van der Waals surface area contributed by atoms with Gasteiger partial charge in [-0.2, -0.15) is 5.10 Å². The molecular weight excluding hydrogens is 588 g/mol. The van der Waals surface area contributed by atoms with E-state index in [0.29, 0.717) is 29.0 Å². The first-order chi connectivity index (χ1) is 21.6. The van der Waals surface area contributed by atoms with Crippen LogP contribution in [0.3, 0.4) is 0 Å². The standard InChI is InChI=1S/C34H36N6O4S/c1-22-10-12-23(13-11-22)40-31(19-29(39-40)34(2,3)4)38-33(42)36-27-14-15-28(26-9-7-6-8-25(26)27)44-21-45-24-16-17-35-30(18-24)37-32(41)20-43-5/h6-19H,20-21H2,1-5H3,(H,35,37,41)(H2,36,38,42). The third-order valence-corrected chi connectivity index (χ3v) is 7.67. The van der Waals surface area contributed by atoms with Crippen molar-refractivity contribution < 1.29 is 19.1 Å². The third kappa shape index (κ3) is 8.00. The molecule has 5 rings (SSSR count). The maximum Gasteiger partial charge on any atom is 0.324 e. The number of aromatic nitrogens is 3. The van der Waals surface area contributed by atoms with Gasteiger partial charge in [0.05, 0.1) is 17.1 Å². The number of fused-ring (bicyclic) bond motifs is 1. The van der Waals surface area contributed by atoms with Crippen LogP contribution in [0.15, 0.2) is 90.0 Å². The molecule has 45 heavy (non-hydrogen) atoms. The van der Waals surface area contributed by atoms with E-state index in [-0.39, 0.29) is 24.0 Å². The Morgan fingerprint density at radius 1 is 0.911 bits per heavy atom. The fourth-order valence-corrected chi connectivity index (χ4v) is 5.21. The van der Waals surface area contributed by atoms with E-state index in [4.69, 9.17) is 14.6 Å². The molecule has 0 aliphatic carbocycles. The number of hydrogen-bond donors (Lipinski definition) is 3. The fraction of sp³-hybridized carbons (Fsp3) is 0.235. The van der Waals surface area contributed by atoms with Gasteiger partial charge in [0, 0.05) is 40.5 Å². The van der Waals surface area contributed by atoms with E-state index in [1.807, 2.05) is 79.7 Å². The summed E-state index contributed by atoms with van der Waals surface area (Å²) in [5.74, 6) is 1.74. The Kier molecular flexibility index (Phi) is 9.70. The number of hydrogen-bond acceptors (Lipinski definition) is 7. The van der Waals surface area contributed by atoms with Crippen LogP contribution in [0.2, 0.25) is 0 Å². The minimum Gasteiger partial charge on any atom is -0.482 e. The molecule has 0 radical (unpaired) electrons. The van der Waals surface area contributed by atoms with Crippen molar-refractivity contribution in [2.45, 2.75) is 38.0 Å². The Labute approximate surface area is 266 Å². The lowest BCUT2D eigenvalue weighted by Crippen LogP contribution is -2.21. The van der Waals surface area contributed by atoms with Crippen molar-refractivity contribution in [1.29, 1.82) is 0 Å². The molecule has 0 spiro atoms. The summed E-state index contributed by atoms with van der Waals surface area (Å²) in [5.41, 5.74) is 3.30. The number of rotatable bonds is 10. The van der Waals surface area contributed by atoms with Crippen LogP contribution in [0.5, 0.6) is 5.75 Å². The van der Waals surface area contributed by atoms with Crippen molar-refractivity contribution in [3.05, 3.63) is 96.3 Å². The number of carbonyl (C=O) groups excluding carboxylic acids is 2. The predicted molar refractivity (Wildman–Crippen MR) is 180 cm³/mol. The lowest BCUT2D eigenvalue weighted by Gasteiger charge is -2.14. The van der Waals surface area contributed by atoms with Gasteiger partial charge in [0.15, 0.2) is 0 Å². The first-order valence-electron chi connectivity index (χ1n) is 14.4. The van der Waals surface area contributed by atoms with Crippen molar-refractivity contribution in [1.82, 2.24) is 14.8 Å². The highest BCUT2D eigenvalue weighted by atomic mass is 32.2. The van der Waals surface area contributed by atoms with Gasteiger partial charge in [-0.1, -0.05) is 74.5 Å². The second-order valence-corrected chi connectivity index (χ2v) is 12.4. The molecule has 3 N–H and O–H groups in total. The summed E-state index contributed by atoms with van der Waals surface area (Å²) in [6, 6.07) is 24.6. The Hall–Kier alpha value is -4.87. The fourth-order valence-electron chi connectivity index (χ4n) is 4.54. The Balaban J connectivity index is 1.29. The van der Waals surface area contributed by atoms with E-state index in [0.717, 1.165) is 32.6 Å². The molecule has 0 saturated carbocycles. The van der Waals surface area contributed by atoms with Gasteiger partial charge in [0.1, 0.15) is 29.9 Å². The molecule has 11 heteroatoms. The molecule has 0 bridgehead atoms. The van der Waals surface area contributed by atoms with Crippen LogP contribution in [0.4, 0.5) is 22.1 Å². The summed E-state index contributed by atoms with van der Waals surface area (Å²) in [4.78, 5) is 30.2. The average molecular weight is 625 g/mol. The molecule has 3 aromatic carbocycles. The molecule has 0 unspecified atom stereocenters. The van der Waals surface area contributed by atoms with Crippen LogP contribution >= 0.6 is 11.8 Å². The highest BCUT2D eigenvalue weighted by Crippen LogP contribution is 2.33. The molecule has 0 fully saturated rings. The Morgan fingerprint density at radius 3 is 2.40 bits per heavy atom. The molecule has 0 aliphatic heterocycles. The quantitative estimate of drug-likeness (QED) is 0.110. The average Bonchev–Trinajstić information content (AvgIpc) is 3.43. The van der Waals surface area contributed by atoms with Gasteiger partial charge in [-0.05, 0) is 43.3 Å². The minimum atomic E-state index is -0.385. The molecule has 232 valence electrons. The zero-order chi connectivity index (χ0) is 32.0. The number of anilines is 3. The van der Waals surface area contributed by atoms with Crippen molar-refractivity contribution in [2.75, 3.05) is 35.6 Å². The lowest BCUT2D eigenvalue weighted by molar-refractivity contribution is -0.119. The van der Waals surface area contributed by atoms with Crippen molar-refractivity contribution in [2.24, 2.45) is 0 Å². The predicted octanol–water partition coefficient (Wildman–Crippen LogP) is 7.38. The third-order valence-electron chi connectivity index (χ3n) is 6.84. The summed E-state index contributed by atoms with van der Waals surface area (Å²) in [7, 11) is 1.46. The van der Waals surface area contributed by atoms with Gasteiger partial charge in [0.25, 0.3) is 5.91 Å². The van der Waals surface area contributed by atoms with Crippen LogP contribution in [-0.4, -0.2) is 46.4 Å². The summed E-state index contributed by atoms with van der Waals surface area (Å²) in [6.45, 7) is 8.25. The largest absolute Gasteiger partial charge is 0.482 e. The van der Waals surface area contributed by atoms with Gasteiger partial charge in [-0.25, -0.2) is 14.5 Å². The van der Waals surface area contributed by atoms with Gasteiger partial charge in [-0.3, -0.25) is 10.1 Å².